The topological polar surface area (TPSA) is 84.3 Å². The fraction of sp³-hybridized carbons (Fsp3) is 0.167. The molecule has 2 aromatic carbocycles. The van der Waals surface area contributed by atoms with E-state index in [1.54, 1.807) is 19.1 Å². The monoisotopic (exact) mass is 377 g/mol. The zero-order chi connectivity index (χ0) is 19.9. The number of hydrogen-bond donors (Lipinski definition) is 0. The molecule has 0 aliphatic carbocycles. The number of hydrogen-bond acceptors (Lipinski definition) is 4. The zero-order valence-corrected chi connectivity index (χ0v) is 14.1. The third kappa shape index (κ3) is 5.79. The van der Waals surface area contributed by atoms with E-state index in [1.807, 2.05) is 0 Å². The van der Waals surface area contributed by atoms with Crippen LogP contribution in [-0.4, -0.2) is 12.6 Å². The minimum absolute atomic E-state index is 0.00613. The lowest BCUT2D eigenvalue weighted by molar-refractivity contribution is -0.139. The summed E-state index contributed by atoms with van der Waals surface area (Å²) in [5.41, 5.74) is 7.92. The van der Waals surface area contributed by atoms with E-state index in [-0.39, 0.29) is 23.8 Å². The van der Waals surface area contributed by atoms with Crippen molar-refractivity contribution in [2.24, 2.45) is 5.11 Å². The molecule has 27 heavy (non-hydrogen) atoms. The lowest BCUT2D eigenvalue weighted by atomic mass is 10.1. The molecule has 0 N–H and O–H groups in total. The van der Waals surface area contributed by atoms with Gasteiger partial charge in [0.15, 0.2) is 0 Å². The number of esters is 1. The van der Waals surface area contributed by atoms with Crippen LogP contribution in [0.15, 0.2) is 59.3 Å². The van der Waals surface area contributed by atoms with E-state index in [1.165, 1.54) is 30.3 Å². The van der Waals surface area contributed by atoms with E-state index in [9.17, 15) is 18.0 Å². The first-order valence-electron chi connectivity index (χ1n) is 7.72. The van der Waals surface area contributed by atoms with Crippen LogP contribution < -0.4 is 4.74 Å². The van der Waals surface area contributed by atoms with Crippen LogP contribution in [-0.2, 0) is 15.7 Å². The summed E-state index contributed by atoms with van der Waals surface area (Å²) in [7, 11) is 0. The predicted molar refractivity (Wildman–Crippen MR) is 91.7 cm³/mol. The average molecular weight is 377 g/mol. The Hall–Kier alpha value is -3.45. The van der Waals surface area contributed by atoms with Crippen molar-refractivity contribution in [2.45, 2.75) is 13.1 Å². The highest BCUT2D eigenvalue weighted by Gasteiger charge is 2.30. The van der Waals surface area contributed by atoms with Crippen molar-refractivity contribution in [2.75, 3.05) is 6.61 Å². The fourth-order valence-electron chi connectivity index (χ4n) is 2.08. The molecule has 0 heterocycles. The molecule has 0 aromatic heterocycles. The van der Waals surface area contributed by atoms with Crippen molar-refractivity contribution in [3.63, 3.8) is 0 Å². The molecule has 0 saturated carbocycles. The fourth-order valence-corrected chi connectivity index (χ4v) is 2.08. The Kier molecular flexibility index (Phi) is 6.46. The number of carbonyl (C=O) groups is 1. The van der Waals surface area contributed by atoms with E-state index in [4.69, 9.17) is 15.0 Å². The molecule has 2 aromatic rings. The van der Waals surface area contributed by atoms with Gasteiger partial charge in [0.2, 0.25) is 0 Å². The molecule has 0 amide bonds. The van der Waals surface area contributed by atoms with Gasteiger partial charge < -0.3 is 9.47 Å². The Morgan fingerprint density at radius 2 is 1.85 bits per heavy atom. The minimum atomic E-state index is -4.48. The third-order valence-electron chi connectivity index (χ3n) is 3.20. The summed E-state index contributed by atoms with van der Waals surface area (Å²) >= 11 is 0. The van der Waals surface area contributed by atoms with Crippen LogP contribution in [0.4, 0.5) is 13.2 Å². The summed E-state index contributed by atoms with van der Waals surface area (Å²) in [6, 6.07) is 10.6. The van der Waals surface area contributed by atoms with Crippen LogP contribution in [0.3, 0.4) is 0 Å². The molecule has 0 unspecified atom stereocenters. The second-order valence-corrected chi connectivity index (χ2v) is 5.14. The van der Waals surface area contributed by atoms with E-state index in [0.717, 1.165) is 12.1 Å². The number of alkyl halides is 3. The SMILES string of the molecule is CCOC(=O)C(=Cc1cccc(Oc2cccc(C(F)(F)F)c2)c1)N=[N+]=[N-]. The minimum Gasteiger partial charge on any atom is -0.462 e. The molecular formula is C18H14F3N3O3. The van der Waals surface area contributed by atoms with Gasteiger partial charge in [0, 0.05) is 4.91 Å². The van der Waals surface area contributed by atoms with Gasteiger partial charge in [0.25, 0.3) is 0 Å². The van der Waals surface area contributed by atoms with Crippen molar-refractivity contribution < 1.29 is 27.4 Å². The Morgan fingerprint density at radius 3 is 2.48 bits per heavy atom. The van der Waals surface area contributed by atoms with Crippen LogP contribution in [0.5, 0.6) is 11.5 Å². The first-order chi connectivity index (χ1) is 12.8. The second-order valence-electron chi connectivity index (χ2n) is 5.14. The van der Waals surface area contributed by atoms with E-state index < -0.39 is 17.7 Å². The van der Waals surface area contributed by atoms with Crippen molar-refractivity contribution >= 4 is 12.0 Å². The largest absolute Gasteiger partial charge is 0.462 e. The van der Waals surface area contributed by atoms with Crippen LogP contribution in [0.2, 0.25) is 0 Å². The highest BCUT2D eigenvalue weighted by Crippen LogP contribution is 2.32. The number of rotatable bonds is 6. The van der Waals surface area contributed by atoms with Crippen LogP contribution >= 0.6 is 0 Å². The molecule has 0 fully saturated rings. The average Bonchev–Trinajstić information content (AvgIpc) is 2.61. The number of benzene rings is 2. The van der Waals surface area contributed by atoms with Gasteiger partial charge in [0.05, 0.1) is 12.2 Å². The molecule has 0 atom stereocenters. The van der Waals surface area contributed by atoms with E-state index >= 15 is 0 Å². The van der Waals surface area contributed by atoms with E-state index in [2.05, 4.69) is 10.0 Å². The molecule has 0 bridgehead atoms. The number of halogens is 3. The smallest absolute Gasteiger partial charge is 0.416 e. The summed E-state index contributed by atoms with van der Waals surface area (Å²) in [4.78, 5) is 14.3. The highest BCUT2D eigenvalue weighted by atomic mass is 19.4. The lowest BCUT2D eigenvalue weighted by Gasteiger charge is -2.10. The molecule has 9 heteroatoms. The summed E-state index contributed by atoms with van der Waals surface area (Å²) in [5.74, 6) is -0.543. The molecule has 0 spiro atoms. The first-order valence-corrected chi connectivity index (χ1v) is 7.72. The Labute approximate surface area is 152 Å². The zero-order valence-electron chi connectivity index (χ0n) is 14.1. The summed E-state index contributed by atoms with van der Waals surface area (Å²) in [6.07, 6.45) is -3.19. The third-order valence-corrected chi connectivity index (χ3v) is 3.20. The van der Waals surface area contributed by atoms with Gasteiger partial charge >= 0.3 is 12.1 Å². The van der Waals surface area contributed by atoms with Crippen molar-refractivity contribution in [1.29, 1.82) is 0 Å². The molecule has 140 valence electrons. The van der Waals surface area contributed by atoms with Gasteiger partial charge in [-0.2, -0.15) is 13.2 Å². The maximum Gasteiger partial charge on any atom is 0.416 e. The van der Waals surface area contributed by atoms with Gasteiger partial charge in [-0.3, -0.25) is 0 Å². The summed E-state index contributed by atoms with van der Waals surface area (Å²) in [6.45, 7) is 1.71. The first kappa shape index (κ1) is 19.9. The lowest BCUT2D eigenvalue weighted by Crippen LogP contribution is -2.05. The van der Waals surface area contributed by atoms with Gasteiger partial charge in [-0.25, -0.2) is 4.79 Å². The normalized spacial score (nSPS) is 11.5. The number of ether oxygens (including phenoxy) is 2. The molecule has 6 nitrogen and oxygen atoms in total. The molecule has 2 rings (SSSR count). The quantitative estimate of drug-likeness (QED) is 0.212. The number of carbonyl (C=O) groups excluding carboxylic acids is 1. The van der Waals surface area contributed by atoms with Gasteiger partial charge in [-0.15, -0.1) is 0 Å². The van der Waals surface area contributed by atoms with Crippen molar-refractivity contribution in [3.8, 4) is 11.5 Å². The molecule has 0 aliphatic heterocycles. The predicted octanol–water partition coefficient (Wildman–Crippen LogP) is 5.71. The van der Waals surface area contributed by atoms with Crippen LogP contribution in [0, 0.1) is 0 Å². The Morgan fingerprint density at radius 1 is 1.19 bits per heavy atom. The second kappa shape index (κ2) is 8.77. The maximum atomic E-state index is 12.8. The standard InChI is InChI=1S/C18H14F3N3O3/c1-2-26-17(25)16(23-24-22)10-12-5-3-7-14(9-12)27-15-8-4-6-13(11-15)18(19,20)21/h3-11H,2H2,1H3. The van der Waals surface area contributed by atoms with E-state index in [0.29, 0.717) is 5.56 Å². The maximum absolute atomic E-state index is 12.8. The van der Waals surface area contributed by atoms with Crippen molar-refractivity contribution in [3.05, 3.63) is 75.8 Å². The van der Waals surface area contributed by atoms with Crippen LogP contribution in [0.1, 0.15) is 18.1 Å². The summed E-state index contributed by atoms with van der Waals surface area (Å²) < 4.78 is 48.6. The molecule has 0 radical (unpaired) electrons. The van der Waals surface area contributed by atoms with Gasteiger partial charge in [-0.05, 0) is 54.4 Å². The molecular weight excluding hydrogens is 363 g/mol. The number of azide groups is 1. The highest BCUT2D eigenvalue weighted by molar-refractivity contribution is 5.93. The van der Waals surface area contributed by atoms with Gasteiger partial charge in [0.1, 0.15) is 17.2 Å². The molecule has 0 aliphatic rings. The molecule has 0 saturated heterocycles. The Bertz CT molecular complexity index is 904. The summed E-state index contributed by atoms with van der Waals surface area (Å²) in [5, 5.41) is 3.29. The van der Waals surface area contributed by atoms with Crippen LogP contribution in [0.25, 0.3) is 16.5 Å². The van der Waals surface area contributed by atoms with Gasteiger partial charge in [-0.1, -0.05) is 23.3 Å². The number of nitrogens with zero attached hydrogens (tertiary/aromatic N) is 3. The Balaban J connectivity index is 2.28. The van der Waals surface area contributed by atoms with Crippen molar-refractivity contribution in [1.82, 2.24) is 0 Å².